The standard InChI is InChI=1S/C15H15BrN2O2/c1-9-10(2)17-18(11(9)3)14-6-4-12(8-13(14)16)5-7-15(19)20/h4-8H,1-3H3,(H,19,20)/b7-5+. The molecule has 0 unspecified atom stereocenters. The third-order valence-corrected chi connectivity index (χ3v) is 3.91. The molecule has 1 N–H and O–H groups in total. The van der Waals surface area contributed by atoms with Crippen molar-refractivity contribution in [3.8, 4) is 5.69 Å². The van der Waals surface area contributed by atoms with Gasteiger partial charge in [0.1, 0.15) is 0 Å². The van der Waals surface area contributed by atoms with Gasteiger partial charge in [-0.3, -0.25) is 0 Å². The van der Waals surface area contributed by atoms with Crippen LogP contribution in [0.5, 0.6) is 0 Å². The lowest BCUT2D eigenvalue weighted by Gasteiger charge is -2.08. The minimum absolute atomic E-state index is 0.821. The normalized spacial score (nSPS) is 11.2. The van der Waals surface area contributed by atoms with Gasteiger partial charge >= 0.3 is 5.97 Å². The summed E-state index contributed by atoms with van der Waals surface area (Å²) < 4.78 is 2.76. The number of hydrogen-bond donors (Lipinski definition) is 1. The van der Waals surface area contributed by atoms with Crippen LogP contribution in [0.4, 0.5) is 0 Å². The van der Waals surface area contributed by atoms with Gasteiger partial charge in [0.2, 0.25) is 0 Å². The van der Waals surface area contributed by atoms with Crippen molar-refractivity contribution < 1.29 is 9.90 Å². The molecule has 2 rings (SSSR count). The van der Waals surface area contributed by atoms with E-state index in [9.17, 15) is 4.79 Å². The number of rotatable bonds is 3. The number of carboxylic acid groups (broad SMARTS) is 1. The van der Waals surface area contributed by atoms with Crippen LogP contribution >= 0.6 is 15.9 Å². The van der Waals surface area contributed by atoms with E-state index in [4.69, 9.17) is 5.11 Å². The molecule has 0 radical (unpaired) electrons. The summed E-state index contributed by atoms with van der Waals surface area (Å²) in [5, 5.41) is 13.2. The molecule has 104 valence electrons. The average Bonchev–Trinajstić information content (AvgIpc) is 2.64. The molecule has 1 aromatic carbocycles. The summed E-state index contributed by atoms with van der Waals surface area (Å²) in [5.41, 5.74) is 5.03. The zero-order valence-corrected chi connectivity index (χ0v) is 13.1. The van der Waals surface area contributed by atoms with Crippen molar-refractivity contribution in [2.24, 2.45) is 0 Å². The van der Waals surface area contributed by atoms with Gasteiger partial charge in [-0.2, -0.15) is 5.10 Å². The predicted octanol–water partition coefficient (Wildman–Crippen LogP) is 3.66. The molecule has 2 aromatic rings. The Balaban J connectivity index is 2.44. The van der Waals surface area contributed by atoms with E-state index in [2.05, 4.69) is 21.0 Å². The number of aryl methyl sites for hydroxylation is 1. The van der Waals surface area contributed by atoms with E-state index in [0.29, 0.717) is 0 Å². The van der Waals surface area contributed by atoms with E-state index in [0.717, 1.165) is 33.2 Å². The van der Waals surface area contributed by atoms with Crippen LogP contribution in [0.25, 0.3) is 11.8 Å². The number of carbonyl (C=O) groups is 1. The van der Waals surface area contributed by atoms with Crippen molar-refractivity contribution in [2.75, 3.05) is 0 Å². The minimum Gasteiger partial charge on any atom is -0.478 e. The van der Waals surface area contributed by atoms with Crippen LogP contribution in [-0.2, 0) is 4.79 Å². The molecule has 0 aliphatic carbocycles. The Hall–Kier alpha value is -1.88. The Bertz CT molecular complexity index is 702. The lowest BCUT2D eigenvalue weighted by atomic mass is 10.2. The number of halogens is 1. The summed E-state index contributed by atoms with van der Waals surface area (Å²) in [5.74, 6) is -0.959. The van der Waals surface area contributed by atoms with Crippen LogP contribution in [0.1, 0.15) is 22.5 Å². The van der Waals surface area contributed by atoms with Gasteiger partial charge in [-0.15, -0.1) is 0 Å². The highest BCUT2D eigenvalue weighted by Gasteiger charge is 2.11. The van der Waals surface area contributed by atoms with Gasteiger partial charge in [-0.25, -0.2) is 9.48 Å². The molecule has 5 heteroatoms. The smallest absolute Gasteiger partial charge is 0.328 e. The summed E-state index contributed by atoms with van der Waals surface area (Å²) in [6.45, 7) is 6.06. The summed E-state index contributed by atoms with van der Waals surface area (Å²) in [6, 6.07) is 5.66. The summed E-state index contributed by atoms with van der Waals surface area (Å²) in [7, 11) is 0. The van der Waals surface area contributed by atoms with Crippen LogP contribution in [0.15, 0.2) is 28.7 Å². The molecule has 0 spiro atoms. The van der Waals surface area contributed by atoms with E-state index >= 15 is 0 Å². The van der Waals surface area contributed by atoms with Gasteiger partial charge in [0, 0.05) is 16.2 Å². The largest absolute Gasteiger partial charge is 0.478 e. The van der Waals surface area contributed by atoms with Gasteiger partial charge in [0.15, 0.2) is 0 Å². The van der Waals surface area contributed by atoms with E-state index in [-0.39, 0.29) is 0 Å². The van der Waals surface area contributed by atoms with Crippen molar-refractivity contribution in [2.45, 2.75) is 20.8 Å². The molecule has 1 heterocycles. The molecule has 0 saturated carbocycles. The maximum Gasteiger partial charge on any atom is 0.328 e. The molecule has 0 aliphatic rings. The fraction of sp³-hybridized carbons (Fsp3) is 0.200. The molecular formula is C15H15BrN2O2. The second-order valence-electron chi connectivity index (χ2n) is 4.59. The van der Waals surface area contributed by atoms with E-state index < -0.39 is 5.97 Å². The van der Waals surface area contributed by atoms with Crippen LogP contribution in [0.2, 0.25) is 0 Å². The SMILES string of the molecule is Cc1nn(-c2ccc(/C=C/C(=O)O)cc2Br)c(C)c1C. The topological polar surface area (TPSA) is 55.1 Å². The number of aliphatic carboxylic acids is 1. The first-order valence-corrected chi connectivity index (χ1v) is 6.93. The highest BCUT2D eigenvalue weighted by Crippen LogP contribution is 2.25. The average molecular weight is 335 g/mol. The van der Waals surface area contributed by atoms with Crippen molar-refractivity contribution in [1.29, 1.82) is 0 Å². The molecule has 0 saturated heterocycles. The highest BCUT2D eigenvalue weighted by molar-refractivity contribution is 9.10. The monoisotopic (exact) mass is 334 g/mol. The molecular weight excluding hydrogens is 320 g/mol. The molecule has 0 bridgehead atoms. The predicted molar refractivity (Wildman–Crippen MR) is 82.1 cm³/mol. The zero-order valence-electron chi connectivity index (χ0n) is 11.5. The van der Waals surface area contributed by atoms with Gasteiger partial charge in [0.05, 0.1) is 11.4 Å². The first-order chi connectivity index (χ1) is 9.40. The van der Waals surface area contributed by atoms with Crippen molar-refractivity contribution >= 4 is 28.0 Å². The van der Waals surface area contributed by atoms with Crippen LogP contribution in [0.3, 0.4) is 0 Å². The van der Waals surface area contributed by atoms with E-state index in [1.54, 1.807) is 6.08 Å². The van der Waals surface area contributed by atoms with Gasteiger partial charge < -0.3 is 5.11 Å². The number of aromatic nitrogens is 2. The lowest BCUT2D eigenvalue weighted by molar-refractivity contribution is -0.131. The van der Waals surface area contributed by atoms with Crippen molar-refractivity contribution in [1.82, 2.24) is 9.78 Å². The third kappa shape index (κ3) is 2.82. The lowest BCUT2D eigenvalue weighted by Crippen LogP contribution is -2.00. The van der Waals surface area contributed by atoms with Crippen molar-refractivity contribution in [3.63, 3.8) is 0 Å². The fourth-order valence-corrected chi connectivity index (χ4v) is 2.49. The summed E-state index contributed by atoms with van der Waals surface area (Å²) >= 11 is 3.52. The number of nitrogens with zero attached hydrogens (tertiary/aromatic N) is 2. The zero-order chi connectivity index (χ0) is 14.9. The van der Waals surface area contributed by atoms with Crippen LogP contribution in [-0.4, -0.2) is 20.9 Å². The van der Waals surface area contributed by atoms with Crippen molar-refractivity contribution in [3.05, 3.63) is 51.3 Å². The summed E-state index contributed by atoms with van der Waals surface area (Å²) in [4.78, 5) is 10.5. The molecule has 0 fully saturated rings. The molecule has 0 atom stereocenters. The first kappa shape index (κ1) is 14.5. The van der Waals surface area contributed by atoms with Crippen LogP contribution < -0.4 is 0 Å². The maximum atomic E-state index is 10.5. The second-order valence-corrected chi connectivity index (χ2v) is 5.44. The molecule has 0 aliphatic heterocycles. The van der Waals surface area contributed by atoms with E-state index in [1.165, 1.54) is 5.56 Å². The van der Waals surface area contributed by atoms with Gasteiger partial charge in [-0.05, 0) is 66.0 Å². The Morgan fingerprint density at radius 2 is 2.05 bits per heavy atom. The molecule has 20 heavy (non-hydrogen) atoms. The Labute approximate surface area is 125 Å². The molecule has 1 aromatic heterocycles. The first-order valence-electron chi connectivity index (χ1n) is 6.14. The molecule has 0 amide bonds. The quantitative estimate of drug-likeness (QED) is 0.871. The Morgan fingerprint density at radius 1 is 1.35 bits per heavy atom. The second kappa shape index (κ2) is 5.63. The number of benzene rings is 1. The molecule has 4 nitrogen and oxygen atoms in total. The Morgan fingerprint density at radius 3 is 2.55 bits per heavy atom. The fourth-order valence-electron chi connectivity index (χ4n) is 1.92. The van der Waals surface area contributed by atoms with Gasteiger partial charge in [-0.1, -0.05) is 6.07 Å². The maximum absolute atomic E-state index is 10.5. The van der Waals surface area contributed by atoms with E-state index in [1.807, 2.05) is 43.7 Å². The Kier molecular flexibility index (Phi) is 4.09. The minimum atomic E-state index is -0.959. The van der Waals surface area contributed by atoms with Crippen LogP contribution in [0, 0.1) is 20.8 Å². The van der Waals surface area contributed by atoms with Gasteiger partial charge in [0.25, 0.3) is 0 Å². The third-order valence-electron chi connectivity index (χ3n) is 3.27. The number of carboxylic acids is 1. The number of hydrogen-bond acceptors (Lipinski definition) is 2. The highest BCUT2D eigenvalue weighted by atomic mass is 79.9. The summed E-state index contributed by atoms with van der Waals surface area (Å²) in [6.07, 6.45) is 2.68.